The third-order valence-electron chi connectivity index (χ3n) is 4.01. The summed E-state index contributed by atoms with van der Waals surface area (Å²) < 4.78 is 5.45. The Kier molecular flexibility index (Phi) is 6.73. The quantitative estimate of drug-likeness (QED) is 0.555. The lowest BCUT2D eigenvalue weighted by molar-refractivity contribution is -0.130. The summed E-state index contributed by atoms with van der Waals surface area (Å²) in [6, 6.07) is 15.0. The van der Waals surface area contributed by atoms with E-state index in [1.807, 2.05) is 12.1 Å². The molecule has 2 aromatic rings. The van der Waals surface area contributed by atoms with Gasteiger partial charge in [-0.15, -0.1) is 0 Å². The zero-order valence-electron chi connectivity index (χ0n) is 15.7. The molecule has 4 heteroatoms. The maximum Gasteiger partial charge on any atom is 0.259 e. The van der Waals surface area contributed by atoms with Gasteiger partial charge in [0.2, 0.25) is 0 Å². The van der Waals surface area contributed by atoms with Crippen LogP contribution in [0.5, 0.6) is 5.75 Å². The van der Waals surface area contributed by atoms with Gasteiger partial charge in [-0.3, -0.25) is 9.59 Å². The normalized spacial score (nSPS) is 11.0. The smallest absolute Gasteiger partial charge is 0.259 e. The average Bonchev–Trinajstić information content (AvgIpc) is 2.64. The van der Waals surface area contributed by atoms with Crippen molar-refractivity contribution < 1.29 is 14.3 Å². The molecule has 0 aliphatic carbocycles. The molecular weight excluding hydrogens is 326 g/mol. The van der Waals surface area contributed by atoms with Crippen LogP contribution in [0.25, 0.3) is 6.08 Å². The summed E-state index contributed by atoms with van der Waals surface area (Å²) in [4.78, 5) is 25.4. The molecule has 0 aliphatic heterocycles. The monoisotopic (exact) mass is 351 g/mol. The predicted molar refractivity (Wildman–Crippen MR) is 105 cm³/mol. The lowest BCUT2D eigenvalue weighted by atomic mass is 10.0. The van der Waals surface area contributed by atoms with E-state index in [1.54, 1.807) is 50.5 Å². The van der Waals surface area contributed by atoms with Crippen molar-refractivity contribution in [2.75, 3.05) is 20.7 Å². The van der Waals surface area contributed by atoms with Gasteiger partial charge in [0.15, 0.2) is 12.4 Å². The van der Waals surface area contributed by atoms with Gasteiger partial charge in [-0.1, -0.05) is 56.3 Å². The number of ketones is 1. The third-order valence-corrected chi connectivity index (χ3v) is 4.01. The van der Waals surface area contributed by atoms with Gasteiger partial charge in [0.25, 0.3) is 5.91 Å². The van der Waals surface area contributed by atoms with E-state index < -0.39 is 0 Å². The molecule has 0 spiro atoms. The Labute approximate surface area is 155 Å². The number of hydrogen-bond acceptors (Lipinski definition) is 3. The summed E-state index contributed by atoms with van der Waals surface area (Å²) in [5.74, 6) is 0.742. The van der Waals surface area contributed by atoms with E-state index in [4.69, 9.17) is 4.74 Å². The van der Waals surface area contributed by atoms with Crippen LogP contribution in [0, 0.1) is 0 Å². The molecule has 0 atom stereocenters. The van der Waals surface area contributed by atoms with Crippen molar-refractivity contribution in [3.8, 4) is 5.75 Å². The third kappa shape index (κ3) is 5.59. The van der Waals surface area contributed by atoms with Crippen molar-refractivity contribution in [3.63, 3.8) is 0 Å². The Morgan fingerprint density at radius 1 is 1.08 bits per heavy atom. The molecule has 0 aromatic heterocycles. The second-order valence-corrected chi connectivity index (χ2v) is 6.62. The van der Waals surface area contributed by atoms with E-state index >= 15 is 0 Å². The number of amides is 1. The van der Waals surface area contributed by atoms with Crippen molar-refractivity contribution in [1.82, 2.24) is 4.90 Å². The second-order valence-electron chi connectivity index (χ2n) is 6.62. The van der Waals surface area contributed by atoms with Crippen molar-refractivity contribution in [2.24, 2.45) is 0 Å². The van der Waals surface area contributed by atoms with E-state index in [0.717, 1.165) is 5.56 Å². The maximum atomic E-state index is 12.4. The number of rotatable bonds is 7. The molecule has 0 bridgehead atoms. The molecule has 0 aliphatic rings. The molecule has 2 rings (SSSR count). The zero-order valence-corrected chi connectivity index (χ0v) is 15.7. The molecule has 0 radical (unpaired) electrons. The summed E-state index contributed by atoms with van der Waals surface area (Å²) in [6.07, 6.45) is 3.35. The first kappa shape index (κ1) is 19.4. The molecule has 4 nitrogen and oxygen atoms in total. The minimum absolute atomic E-state index is 0.0529. The van der Waals surface area contributed by atoms with Crippen LogP contribution in [0.2, 0.25) is 0 Å². The van der Waals surface area contributed by atoms with Crippen LogP contribution >= 0.6 is 0 Å². The van der Waals surface area contributed by atoms with Crippen molar-refractivity contribution in [1.29, 1.82) is 0 Å². The number of hydrogen-bond donors (Lipinski definition) is 0. The highest BCUT2D eigenvalue weighted by Gasteiger charge is 2.07. The molecule has 0 saturated carbocycles. The van der Waals surface area contributed by atoms with Gasteiger partial charge in [-0.2, -0.15) is 0 Å². The predicted octanol–water partition coefficient (Wildman–Crippen LogP) is 4.17. The SMILES string of the molecule is CC(C)c1ccc(/C=C/C(=O)c2cccc(OCC(=O)N(C)C)c2)cc1. The van der Waals surface area contributed by atoms with Gasteiger partial charge < -0.3 is 9.64 Å². The van der Waals surface area contributed by atoms with Gasteiger partial charge in [0, 0.05) is 19.7 Å². The topological polar surface area (TPSA) is 46.6 Å². The fourth-order valence-corrected chi connectivity index (χ4v) is 2.27. The largest absolute Gasteiger partial charge is 0.484 e. The molecule has 0 unspecified atom stereocenters. The number of nitrogens with zero attached hydrogens (tertiary/aromatic N) is 1. The van der Waals surface area contributed by atoms with Crippen molar-refractivity contribution in [2.45, 2.75) is 19.8 Å². The van der Waals surface area contributed by atoms with Crippen LogP contribution in [-0.4, -0.2) is 37.3 Å². The van der Waals surface area contributed by atoms with E-state index in [9.17, 15) is 9.59 Å². The highest BCUT2D eigenvalue weighted by molar-refractivity contribution is 6.07. The highest BCUT2D eigenvalue weighted by atomic mass is 16.5. The number of carbonyl (C=O) groups excluding carboxylic acids is 2. The Morgan fingerprint density at radius 2 is 1.77 bits per heavy atom. The van der Waals surface area contributed by atoms with E-state index in [0.29, 0.717) is 17.2 Å². The van der Waals surface area contributed by atoms with Gasteiger partial charge in [0.05, 0.1) is 0 Å². The van der Waals surface area contributed by atoms with Crippen LogP contribution in [0.4, 0.5) is 0 Å². The number of likely N-dealkylation sites (N-methyl/N-ethyl adjacent to an activating group) is 1. The van der Waals surface area contributed by atoms with Crippen LogP contribution in [0.3, 0.4) is 0 Å². The Balaban J connectivity index is 2.02. The molecular formula is C22H25NO3. The molecule has 0 heterocycles. The van der Waals surface area contributed by atoms with E-state index in [2.05, 4.69) is 26.0 Å². The molecule has 0 fully saturated rings. The molecule has 0 saturated heterocycles. The fourth-order valence-electron chi connectivity index (χ4n) is 2.27. The van der Waals surface area contributed by atoms with Gasteiger partial charge in [-0.05, 0) is 35.3 Å². The van der Waals surface area contributed by atoms with E-state index in [-0.39, 0.29) is 18.3 Å². The first-order valence-corrected chi connectivity index (χ1v) is 8.62. The first-order chi connectivity index (χ1) is 12.4. The summed E-state index contributed by atoms with van der Waals surface area (Å²) in [6.45, 7) is 4.24. The van der Waals surface area contributed by atoms with Crippen LogP contribution in [0.1, 0.15) is 41.3 Å². The van der Waals surface area contributed by atoms with Crippen molar-refractivity contribution in [3.05, 3.63) is 71.3 Å². The Bertz CT molecular complexity index is 789. The minimum atomic E-state index is -0.133. The highest BCUT2D eigenvalue weighted by Crippen LogP contribution is 2.17. The Morgan fingerprint density at radius 3 is 2.38 bits per heavy atom. The minimum Gasteiger partial charge on any atom is -0.484 e. The van der Waals surface area contributed by atoms with Gasteiger partial charge >= 0.3 is 0 Å². The van der Waals surface area contributed by atoms with Crippen molar-refractivity contribution >= 4 is 17.8 Å². The van der Waals surface area contributed by atoms with Crippen LogP contribution in [-0.2, 0) is 4.79 Å². The molecule has 0 N–H and O–H groups in total. The maximum absolute atomic E-state index is 12.4. The first-order valence-electron chi connectivity index (χ1n) is 8.62. The van der Waals surface area contributed by atoms with Gasteiger partial charge in [0.1, 0.15) is 5.75 Å². The lowest BCUT2D eigenvalue weighted by Gasteiger charge is -2.11. The Hall–Kier alpha value is -2.88. The van der Waals surface area contributed by atoms with Gasteiger partial charge in [-0.25, -0.2) is 0 Å². The summed E-state index contributed by atoms with van der Waals surface area (Å²) in [7, 11) is 3.34. The molecule has 1 amide bonds. The molecule has 136 valence electrons. The lowest BCUT2D eigenvalue weighted by Crippen LogP contribution is -2.27. The summed E-state index contributed by atoms with van der Waals surface area (Å²) in [5, 5.41) is 0. The number of benzene rings is 2. The standard InChI is InChI=1S/C22H25NO3/c1-16(2)18-11-8-17(9-12-18)10-13-21(24)19-6-5-7-20(14-19)26-15-22(25)23(3)4/h5-14,16H,15H2,1-4H3/b13-10+. The average molecular weight is 351 g/mol. The number of carbonyl (C=O) groups is 2. The summed E-state index contributed by atoms with van der Waals surface area (Å²) in [5.41, 5.74) is 2.77. The molecule has 26 heavy (non-hydrogen) atoms. The number of allylic oxidation sites excluding steroid dienone is 1. The van der Waals surface area contributed by atoms with Crippen LogP contribution in [0.15, 0.2) is 54.6 Å². The van der Waals surface area contributed by atoms with E-state index in [1.165, 1.54) is 10.5 Å². The zero-order chi connectivity index (χ0) is 19.1. The van der Waals surface area contributed by atoms with Crippen LogP contribution < -0.4 is 4.74 Å². The fraction of sp³-hybridized carbons (Fsp3) is 0.273. The summed E-state index contributed by atoms with van der Waals surface area (Å²) >= 11 is 0. The number of ether oxygens (including phenoxy) is 1. The molecule has 2 aromatic carbocycles. The second kappa shape index (κ2) is 8.99.